The van der Waals surface area contributed by atoms with Crippen molar-refractivity contribution in [3.8, 4) is 5.75 Å². The summed E-state index contributed by atoms with van der Waals surface area (Å²) in [7, 11) is -4.52. The third-order valence-corrected chi connectivity index (χ3v) is 2.67. The van der Waals surface area contributed by atoms with Crippen LogP contribution in [0.2, 0.25) is 0 Å². The van der Waals surface area contributed by atoms with Crippen LogP contribution in [0.4, 0.5) is 8.22 Å². The molecule has 0 amide bonds. The van der Waals surface area contributed by atoms with E-state index in [0.29, 0.717) is 0 Å². The molecule has 12 heavy (non-hydrogen) atoms. The van der Waals surface area contributed by atoms with Crippen LogP contribution in [-0.4, -0.2) is 8.99 Å². The molecular weight excluding hydrogens is 178 g/mol. The Labute approximate surface area is 69.8 Å². The number of hydrogen-bond acceptors (Lipinski definition) is 1. The molecule has 0 N–H and O–H groups in total. The number of halogens is 2. The number of para-hydroxylation sites is 1. The summed E-state index contributed by atoms with van der Waals surface area (Å²) in [4.78, 5) is 0. The van der Waals surface area contributed by atoms with E-state index >= 15 is 0 Å². The molecule has 1 aromatic rings. The molecule has 1 aliphatic rings. The molecular formula is C8H6F2OSi. The normalized spacial score (nSPS) is 18.2. The lowest BCUT2D eigenvalue weighted by Crippen LogP contribution is -2.31. The van der Waals surface area contributed by atoms with E-state index in [0.717, 1.165) is 11.3 Å². The maximum absolute atomic E-state index is 12.7. The van der Waals surface area contributed by atoms with E-state index in [1.165, 1.54) is 6.08 Å². The molecule has 0 unspecified atom stereocenters. The maximum Gasteiger partial charge on any atom is 0.673 e. The highest BCUT2D eigenvalue weighted by molar-refractivity contribution is 6.66. The first-order valence-corrected chi connectivity index (χ1v) is 5.27. The van der Waals surface area contributed by atoms with Crippen LogP contribution in [-0.2, 0) is 0 Å². The molecule has 0 radical (unpaired) electrons. The molecule has 1 nitrogen and oxygen atoms in total. The second-order valence-electron chi connectivity index (χ2n) is 2.54. The molecule has 62 valence electrons. The Bertz CT molecular complexity index is 336. The first-order chi connectivity index (χ1) is 5.67. The van der Waals surface area contributed by atoms with Gasteiger partial charge in [0.15, 0.2) is 0 Å². The van der Waals surface area contributed by atoms with Crippen molar-refractivity contribution in [2.24, 2.45) is 0 Å². The first-order valence-electron chi connectivity index (χ1n) is 3.52. The predicted octanol–water partition coefficient (Wildman–Crippen LogP) is 2.51. The Balaban J connectivity index is 2.46. The van der Waals surface area contributed by atoms with Gasteiger partial charge < -0.3 is 4.43 Å². The number of benzene rings is 1. The van der Waals surface area contributed by atoms with Crippen LogP contribution in [0.5, 0.6) is 5.75 Å². The summed E-state index contributed by atoms with van der Waals surface area (Å²) < 4.78 is 30.0. The van der Waals surface area contributed by atoms with Crippen LogP contribution >= 0.6 is 0 Å². The van der Waals surface area contributed by atoms with E-state index in [2.05, 4.69) is 4.43 Å². The van der Waals surface area contributed by atoms with Gasteiger partial charge in [-0.2, -0.15) is 0 Å². The summed E-state index contributed by atoms with van der Waals surface area (Å²) in [6.07, 6.45) is 1.42. The smallest absolute Gasteiger partial charge is 0.492 e. The number of rotatable bonds is 0. The summed E-state index contributed by atoms with van der Waals surface area (Å²) >= 11 is 0. The molecule has 4 heteroatoms. The fourth-order valence-corrected chi connectivity index (χ4v) is 2.00. The van der Waals surface area contributed by atoms with E-state index in [4.69, 9.17) is 0 Å². The average molecular weight is 184 g/mol. The first kappa shape index (κ1) is 7.48. The predicted molar refractivity (Wildman–Crippen MR) is 44.1 cm³/mol. The van der Waals surface area contributed by atoms with E-state index in [-0.39, 0.29) is 5.75 Å². The summed E-state index contributed by atoms with van der Waals surface area (Å²) in [6, 6.07) is 6.77. The summed E-state index contributed by atoms with van der Waals surface area (Å²) in [6.45, 7) is 0. The molecule has 1 heterocycles. The van der Waals surface area contributed by atoms with Gasteiger partial charge in [0.25, 0.3) is 0 Å². The minimum atomic E-state index is -4.52. The fraction of sp³-hybridized carbons (Fsp3) is 0. The third kappa shape index (κ3) is 1.25. The molecule has 0 aromatic heterocycles. The van der Waals surface area contributed by atoms with E-state index in [1.807, 2.05) is 0 Å². The molecule has 1 aromatic carbocycles. The van der Waals surface area contributed by atoms with Crippen molar-refractivity contribution < 1.29 is 12.6 Å². The molecule has 2 rings (SSSR count). The molecule has 0 spiro atoms. The van der Waals surface area contributed by atoms with Gasteiger partial charge in [0.05, 0.1) is 0 Å². The highest BCUT2D eigenvalue weighted by atomic mass is 28.4. The quantitative estimate of drug-likeness (QED) is 0.444. The van der Waals surface area contributed by atoms with Gasteiger partial charge >= 0.3 is 8.99 Å². The zero-order valence-corrected chi connectivity index (χ0v) is 7.13. The van der Waals surface area contributed by atoms with Crippen LogP contribution < -0.4 is 4.43 Å². The van der Waals surface area contributed by atoms with Crippen molar-refractivity contribution in [3.63, 3.8) is 0 Å². The van der Waals surface area contributed by atoms with Gasteiger partial charge in [0.2, 0.25) is 0 Å². The molecule has 1 aliphatic heterocycles. The van der Waals surface area contributed by atoms with Gasteiger partial charge in [0, 0.05) is 11.3 Å². The second kappa shape index (κ2) is 2.41. The number of hydrogen-bond donors (Lipinski definition) is 0. The topological polar surface area (TPSA) is 9.23 Å². The van der Waals surface area contributed by atoms with E-state index in [9.17, 15) is 8.22 Å². The molecule has 0 bridgehead atoms. The van der Waals surface area contributed by atoms with Gasteiger partial charge in [-0.3, -0.25) is 0 Å². The van der Waals surface area contributed by atoms with Crippen LogP contribution in [0.1, 0.15) is 5.56 Å². The fourth-order valence-electron chi connectivity index (χ4n) is 1.08. The van der Waals surface area contributed by atoms with Crippen LogP contribution in [0, 0.1) is 0 Å². The van der Waals surface area contributed by atoms with Crippen molar-refractivity contribution in [1.82, 2.24) is 0 Å². The SMILES string of the molecule is F[Si]1(F)C=Cc2ccccc2O1. The van der Waals surface area contributed by atoms with Crippen molar-refractivity contribution in [2.75, 3.05) is 0 Å². The van der Waals surface area contributed by atoms with Crippen molar-refractivity contribution >= 4 is 15.1 Å². The lowest BCUT2D eigenvalue weighted by atomic mass is 10.2. The molecule has 0 fully saturated rings. The Morgan fingerprint density at radius 1 is 1.17 bits per heavy atom. The third-order valence-electron chi connectivity index (χ3n) is 1.62. The minimum Gasteiger partial charge on any atom is -0.492 e. The Morgan fingerprint density at radius 2 is 1.92 bits per heavy atom. The lowest BCUT2D eigenvalue weighted by molar-refractivity contribution is 0.393. The molecule has 0 saturated heterocycles. The Hall–Kier alpha value is -1.16. The van der Waals surface area contributed by atoms with Crippen LogP contribution in [0.3, 0.4) is 0 Å². The second-order valence-corrected chi connectivity index (χ2v) is 4.20. The minimum absolute atomic E-state index is 0.289. The van der Waals surface area contributed by atoms with Gasteiger partial charge in [-0.15, -0.1) is 0 Å². The van der Waals surface area contributed by atoms with Gasteiger partial charge in [0.1, 0.15) is 5.75 Å². The Morgan fingerprint density at radius 3 is 2.75 bits per heavy atom. The number of fused-ring (bicyclic) bond motifs is 1. The highest BCUT2D eigenvalue weighted by Gasteiger charge is 2.40. The molecule has 0 aliphatic carbocycles. The van der Waals surface area contributed by atoms with Gasteiger partial charge in [-0.05, 0) is 6.07 Å². The standard InChI is InChI=1S/C8H6F2OSi/c9-12(10)6-5-7-3-1-2-4-8(7)11-12/h1-6H. The zero-order valence-electron chi connectivity index (χ0n) is 6.13. The Kier molecular flexibility index (Phi) is 1.51. The van der Waals surface area contributed by atoms with Crippen LogP contribution in [0.25, 0.3) is 6.08 Å². The van der Waals surface area contributed by atoms with E-state index in [1.54, 1.807) is 24.3 Å². The molecule has 0 saturated carbocycles. The highest BCUT2D eigenvalue weighted by Crippen LogP contribution is 2.29. The van der Waals surface area contributed by atoms with Gasteiger partial charge in [-0.1, -0.05) is 24.3 Å². The summed E-state index contributed by atoms with van der Waals surface area (Å²) in [5.41, 5.74) is 1.60. The van der Waals surface area contributed by atoms with E-state index < -0.39 is 8.99 Å². The van der Waals surface area contributed by atoms with Crippen LogP contribution in [0.15, 0.2) is 30.0 Å². The van der Waals surface area contributed by atoms with Crippen molar-refractivity contribution in [2.45, 2.75) is 0 Å². The van der Waals surface area contributed by atoms with Crippen molar-refractivity contribution in [3.05, 3.63) is 35.5 Å². The summed E-state index contributed by atoms with van der Waals surface area (Å²) in [5.74, 6) is 0.289. The average Bonchev–Trinajstić information content (AvgIpc) is 2.02. The monoisotopic (exact) mass is 184 g/mol. The maximum atomic E-state index is 12.7. The van der Waals surface area contributed by atoms with Gasteiger partial charge in [-0.25, -0.2) is 8.22 Å². The summed E-state index contributed by atoms with van der Waals surface area (Å²) in [5, 5.41) is 0. The molecule has 0 atom stereocenters. The lowest BCUT2D eigenvalue weighted by Gasteiger charge is -2.17. The van der Waals surface area contributed by atoms with Crippen molar-refractivity contribution in [1.29, 1.82) is 0 Å². The zero-order chi connectivity index (χ0) is 8.60. The largest absolute Gasteiger partial charge is 0.673 e.